The minimum atomic E-state index is -0.0929. The Morgan fingerprint density at radius 2 is 1.95 bits per heavy atom. The smallest absolute Gasteiger partial charge is 0.289 e. The maximum absolute atomic E-state index is 12.3. The van der Waals surface area contributed by atoms with Gasteiger partial charge in [-0.1, -0.05) is 0 Å². The third-order valence-electron chi connectivity index (χ3n) is 4.02. The molecule has 6 nitrogen and oxygen atoms in total. The van der Waals surface area contributed by atoms with Gasteiger partial charge in [0.2, 0.25) is 5.91 Å². The fourth-order valence-electron chi connectivity index (χ4n) is 2.81. The van der Waals surface area contributed by atoms with Gasteiger partial charge < -0.3 is 19.5 Å². The topological polar surface area (TPSA) is 65.8 Å². The predicted octanol–water partition coefficient (Wildman–Crippen LogP) is 0.173. The van der Waals surface area contributed by atoms with Crippen molar-refractivity contribution in [2.24, 2.45) is 5.92 Å². The first-order valence-corrected chi connectivity index (χ1v) is 7.08. The Balaban J connectivity index is 1.54. The number of rotatable bonds is 2. The van der Waals surface area contributed by atoms with Crippen LogP contribution in [0.2, 0.25) is 0 Å². The van der Waals surface area contributed by atoms with Crippen LogP contribution in [0.3, 0.4) is 0 Å². The van der Waals surface area contributed by atoms with Gasteiger partial charge in [-0.15, -0.1) is 0 Å². The van der Waals surface area contributed by atoms with E-state index in [4.69, 9.17) is 4.42 Å². The third kappa shape index (κ3) is 2.56. The molecule has 1 atom stereocenters. The Morgan fingerprint density at radius 3 is 2.55 bits per heavy atom. The van der Waals surface area contributed by atoms with Crippen LogP contribution in [0, 0.1) is 5.92 Å². The van der Waals surface area contributed by atoms with Gasteiger partial charge in [0.1, 0.15) is 0 Å². The van der Waals surface area contributed by atoms with E-state index in [-0.39, 0.29) is 17.7 Å². The Labute approximate surface area is 117 Å². The van der Waals surface area contributed by atoms with Crippen molar-refractivity contribution >= 4 is 11.8 Å². The molecule has 1 aromatic rings. The van der Waals surface area contributed by atoms with Crippen LogP contribution in [0.15, 0.2) is 22.8 Å². The minimum Gasteiger partial charge on any atom is -0.459 e. The summed E-state index contributed by atoms with van der Waals surface area (Å²) in [5, 5.41) is 3.21. The predicted molar refractivity (Wildman–Crippen MR) is 72.2 cm³/mol. The second kappa shape index (κ2) is 5.66. The molecule has 0 radical (unpaired) electrons. The highest BCUT2D eigenvalue weighted by atomic mass is 16.3. The molecule has 2 aliphatic rings. The van der Waals surface area contributed by atoms with Crippen molar-refractivity contribution in [3.63, 3.8) is 0 Å². The summed E-state index contributed by atoms with van der Waals surface area (Å²) < 4.78 is 5.12. The summed E-state index contributed by atoms with van der Waals surface area (Å²) in [5.74, 6) is 0.608. The van der Waals surface area contributed by atoms with Crippen LogP contribution in [0.5, 0.6) is 0 Å². The van der Waals surface area contributed by atoms with E-state index in [1.807, 2.05) is 4.90 Å². The molecule has 1 unspecified atom stereocenters. The number of piperazine rings is 1. The van der Waals surface area contributed by atoms with Gasteiger partial charge in [0.25, 0.3) is 5.91 Å². The highest BCUT2D eigenvalue weighted by Crippen LogP contribution is 2.15. The molecule has 2 fully saturated rings. The van der Waals surface area contributed by atoms with Gasteiger partial charge in [-0.2, -0.15) is 0 Å². The zero-order valence-electron chi connectivity index (χ0n) is 11.4. The molecule has 2 saturated heterocycles. The quantitative estimate of drug-likeness (QED) is 0.837. The molecule has 0 spiro atoms. The van der Waals surface area contributed by atoms with E-state index in [9.17, 15) is 9.59 Å². The number of carbonyl (C=O) groups excluding carboxylic acids is 2. The highest BCUT2D eigenvalue weighted by molar-refractivity contribution is 5.91. The third-order valence-corrected chi connectivity index (χ3v) is 4.02. The molecule has 20 heavy (non-hydrogen) atoms. The van der Waals surface area contributed by atoms with Crippen molar-refractivity contribution < 1.29 is 14.0 Å². The van der Waals surface area contributed by atoms with Crippen molar-refractivity contribution in [3.05, 3.63) is 24.2 Å². The Hall–Kier alpha value is -1.82. The van der Waals surface area contributed by atoms with Crippen LogP contribution in [0.1, 0.15) is 17.0 Å². The van der Waals surface area contributed by atoms with Crippen LogP contribution in [-0.2, 0) is 4.79 Å². The molecule has 3 heterocycles. The standard InChI is InChI=1S/C14H19N3O3/c18-13(11-3-4-15-10-11)16-5-7-17(8-6-16)14(19)12-2-1-9-20-12/h1-2,9,11,15H,3-8,10H2. The minimum absolute atomic E-state index is 0.0929. The van der Waals surface area contributed by atoms with Gasteiger partial charge in [0.15, 0.2) is 5.76 Å². The van der Waals surface area contributed by atoms with Crippen LogP contribution < -0.4 is 5.32 Å². The van der Waals surface area contributed by atoms with E-state index in [0.717, 1.165) is 19.5 Å². The summed E-state index contributed by atoms with van der Waals surface area (Å²) in [7, 11) is 0. The van der Waals surface area contributed by atoms with Gasteiger partial charge in [-0.05, 0) is 25.1 Å². The van der Waals surface area contributed by atoms with Crippen molar-refractivity contribution in [2.45, 2.75) is 6.42 Å². The number of carbonyl (C=O) groups is 2. The maximum atomic E-state index is 12.3. The van der Waals surface area contributed by atoms with Crippen molar-refractivity contribution in [1.29, 1.82) is 0 Å². The lowest BCUT2D eigenvalue weighted by atomic mass is 10.1. The number of hydrogen-bond donors (Lipinski definition) is 1. The van der Waals surface area contributed by atoms with Crippen LogP contribution >= 0.6 is 0 Å². The van der Waals surface area contributed by atoms with E-state index in [1.54, 1.807) is 17.0 Å². The summed E-state index contributed by atoms with van der Waals surface area (Å²) in [4.78, 5) is 28.0. The van der Waals surface area contributed by atoms with Crippen LogP contribution in [0.25, 0.3) is 0 Å². The number of nitrogens with one attached hydrogen (secondary N) is 1. The molecule has 0 aromatic carbocycles. The van der Waals surface area contributed by atoms with Gasteiger partial charge in [-0.3, -0.25) is 9.59 Å². The number of nitrogens with zero attached hydrogens (tertiary/aromatic N) is 2. The zero-order chi connectivity index (χ0) is 13.9. The molecule has 1 N–H and O–H groups in total. The molecular weight excluding hydrogens is 258 g/mol. The molecule has 2 aliphatic heterocycles. The first-order chi connectivity index (χ1) is 9.75. The lowest BCUT2D eigenvalue weighted by Crippen LogP contribution is -2.52. The molecule has 0 bridgehead atoms. The summed E-state index contributed by atoms with van der Waals surface area (Å²) in [5.41, 5.74) is 0. The van der Waals surface area contributed by atoms with E-state index in [0.29, 0.717) is 31.9 Å². The summed E-state index contributed by atoms with van der Waals surface area (Å²) in [6, 6.07) is 3.38. The van der Waals surface area contributed by atoms with Crippen molar-refractivity contribution in [3.8, 4) is 0 Å². The molecule has 6 heteroatoms. The zero-order valence-corrected chi connectivity index (χ0v) is 11.4. The number of hydrogen-bond acceptors (Lipinski definition) is 4. The lowest BCUT2D eigenvalue weighted by Gasteiger charge is -2.35. The SMILES string of the molecule is O=C(c1ccco1)N1CCN(C(=O)C2CCNC2)CC1. The fraction of sp³-hybridized carbons (Fsp3) is 0.571. The summed E-state index contributed by atoms with van der Waals surface area (Å²) in [6.07, 6.45) is 2.42. The van der Waals surface area contributed by atoms with Gasteiger partial charge in [0, 0.05) is 32.7 Å². The lowest BCUT2D eigenvalue weighted by molar-refractivity contribution is -0.136. The largest absolute Gasteiger partial charge is 0.459 e. The Kier molecular flexibility index (Phi) is 3.73. The Bertz CT molecular complexity index is 472. The first kappa shape index (κ1) is 13.2. The van der Waals surface area contributed by atoms with Crippen LogP contribution in [0.4, 0.5) is 0 Å². The van der Waals surface area contributed by atoms with Crippen molar-refractivity contribution in [2.75, 3.05) is 39.3 Å². The summed E-state index contributed by atoms with van der Waals surface area (Å²) >= 11 is 0. The fourth-order valence-corrected chi connectivity index (χ4v) is 2.81. The number of amides is 2. The molecular formula is C14H19N3O3. The average molecular weight is 277 g/mol. The van der Waals surface area contributed by atoms with Crippen LogP contribution in [-0.4, -0.2) is 60.9 Å². The van der Waals surface area contributed by atoms with E-state index >= 15 is 0 Å². The average Bonchev–Trinajstić information content (AvgIpc) is 3.18. The molecule has 108 valence electrons. The monoisotopic (exact) mass is 277 g/mol. The Morgan fingerprint density at radius 1 is 1.20 bits per heavy atom. The van der Waals surface area contributed by atoms with E-state index in [2.05, 4.69) is 5.32 Å². The molecule has 1 aromatic heterocycles. The second-order valence-electron chi connectivity index (χ2n) is 5.28. The summed E-state index contributed by atoms with van der Waals surface area (Å²) in [6.45, 7) is 4.08. The molecule has 2 amide bonds. The highest BCUT2D eigenvalue weighted by Gasteiger charge is 2.31. The van der Waals surface area contributed by atoms with Crippen molar-refractivity contribution in [1.82, 2.24) is 15.1 Å². The first-order valence-electron chi connectivity index (χ1n) is 7.08. The normalized spacial score (nSPS) is 23.1. The molecule has 0 aliphatic carbocycles. The van der Waals surface area contributed by atoms with Gasteiger partial charge in [-0.25, -0.2) is 0 Å². The van der Waals surface area contributed by atoms with E-state index < -0.39 is 0 Å². The molecule has 3 rings (SSSR count). The number of furan rings is 1. The second-order valence-corrected chi connectivity index (χ2v) is 5.28. The molecule has 0 saturated carbocycles. The van der Waals surface area contributed by atoms with Gasteiger partial charge >= 0.3 is 0 Å². The van der Waals surface area contributed by atoms with Gasteiger partial charge in [0.05, 0.1) is 12.2 Å². The van der Waals surface area contributed by atoms with E-state index in [1.165, 1.54) is 6.26 Å². The maximum Gasteiger partial charge on any atom is 0.289 e.